The van der Waals surface area contributed by atoms with E-state index in [1.807, 2.05) is 24.4 Å². The summed E-state index contributed by atoms with van der Waals surface area (Å²) in [6, 6.07) is 10.2. The van der Waals surface area contributed by atoms with Crippen LogP contribution in [0.25, 0.3) is 5.69 Å². The zero-order chi connectivity index (χ0) is 16.4. The molecule has 1 aromatic heterocycles. The van der Waals surface area contributed by atoms with Crippen LogP contribution in [-0.2, 0) is 6.42 Å². The highest BCUT2D eigenvalue weighted by molar-refractivity contribution is 5.98. The van der Waals surface area contributed by atoms with E-state index in [4.69, 9.17) is 4.74 Å². The third kappa shape index (κ3) is 3.11. The van der Waals surface area contributed by atoms with Crippen molar-refractivity contribution in [2.75, 3.05) is 19.7 Å². The van der Waals surface area contributed by atoms with Crippen molar-refractivity contribution < 1.29 is 9.53 Å². The Morgan fingerprint density at radius 2 is 2.00 bits per heavy atom. The van der Waals surface area contributed by atoms with Crippen molar-refractivity contribution >= 4 is 5.78 Å². The number of fused-ring (bicyclic) bond motifs is 1. The second-order valence-electron chi connectivity index (χ2n) is 6.84. The summed E-state index contributed by atoms with van der Waals surface area (Å²) in [5.41, 5.74) is 3.14. The van der Waals surface area contributed by atoms with E-state index < -0.39 is 0 Å². The minimum atomic E-state index is 0.274. The summed E-state index contributed by atoms with van der Waals surface area (Å²) in [6.07, 6.45) is 7.10. The van der Waals surface area contributed by atoms with Crippen LogP contribution in [0.5, 0.6) is 5.75 Å². The highest BCUT2D eigenvalue weighted by Gasteiger charge is 2.21. The lowest BCUT2D eigenvalue weighted by molar-refractivity contribution is 0.0972. The Morgan fingerprint density at radius 1 is 1.12 bits per heavy atom. The third-order valence-corrected chi connectivity index (χ3v) is 5.11. The Kier molecular flexibility index (Phi) is 4.39. The molecule has 4 heteroatoms. The van der Waals surface area contributed by atoms with Crippen LogP contribution in [0.3, 0.4) is 0 Å². The lowest BCUT2D eigenvalue weighted by atomic mass is 9.97. The number of aromatic nitrogens is 1. The van der Waals surface area contributed by atoms with Crippen LogP contribution in [0.2, 0.25) is 0 Å². The van der Waals surface area contributed by atoms with E-state index >= 15 is 0 Å². The number of nitrogens with one attached hydrogen (secondary N) is 1. The van der Waals surface area contributed by atoms with Gasteiger partial charge in [-0.3, -0.25) is 4.79 Å². The lowest BCUT2D eigenvalue weighted by Crippen LogP contribution is -2.33. The number of rotatable bonds is 4. The molecule has 1 aromatic carbocycles. The summed E-state index contributed by atoms with van der Waals surface area (Å²) in [4.78, 5) is 12.0. The highest BCUT2D eigenvalue weighted by Crippen LogP contribution is 2.26. The van der Waals surface area contributed by atoms with Gasteiger partial charge < -0.3 is 14.6 Å². The summed E-state index contributed by atoms with van der Waals surface area (Å²) in [7, 11) is 0. The van der Waals surface area contributed by atoms with Gasteiger partial charge in [0.2, 0.25) is 0 Å². The van der Waals surface area contributed by atoms with Crippen LogP contribution >= 0.6 is 0 Å². The van der Waals surface area contributed by atoms with Gasteiger partial charge in [0.25, 0.3) is 0 Å². The number of ketones is 1. The van der Waals surface area contributed by atoms with Gasteiger partial charge >= 0.3 is 0 Å². The molecular formula is C20H24N2O2. The number of carbonyl (C=O) groups is 1. The third-order valence-electron chi connectivity index (χ3n) is 5.11. The monoisotopic (exact) mass is 324 g/mol. The minimum absolute atomic E-state index is 0.274. The maximum absolute atomic E-state index is 12.0. The molecule has 4 nitrogen and oxygen atoms in total. The van der Waals surface area contributed by atoms with Crippen LogP contribution in [0.4, 0.5) is 0 Å². The summed E-state index contributed by atoms with van der Waals surface area (Å²) in [5, 5.41) is 3.42. The van der Waals surface area contributed by atoms with Gasteiger partial charge in [0, 0.05) is 42.0 Å². The van der Waals surface area contributed by atoms with Crippen LogP contribution in [0, 0.1) is 5.92 Å². The van der Waals surface area contributed by atoms with Gasteiger partial charge in [-0.2, -0.15) is 0 Å². The maximum atomic E-state index is 12.0. The Morgan fingerprint density at radius 3 is 2.79 bits per heavy atom. The molecule has 1 aliphatic carbocycles. The second kappa shape index (κ2) is 6.81. The standard InChI is InChI=1S/C20H24N2O2/c23-20-5-1-4-19-18(20)10-12-22(19)16-6-8-17(9-7-16)24-14-15-3-2-11-21-13-15/h6-10,12,15,21H,1-5,11,13-14H2. The molecule has 1 unspecified atom stereocenters. The number of benzene rings is 1. The van der Waals surface area contributed by atoms with Gasteiger partial charge in [-0.05, 0) is 62.6 Å². The quantitative estimate of drug-likeness (QED) is 0.937. The Bertz CT molecular complexity index is 712. The van der Waals surface area contributed by atoms with E-state index in [1.165, 1.54) is 12.8 Å². The molecule has 0 amide bonds. The Balaban J connectivity index is 1.45. The number of hydrogen-bond acceptors (Lipinski definition) is 3. The topological polar surface area (TPSA) is 43.3 Å². The molecule has 1 aliphatic heterocycles. The van der Waals surface area contributed by atoms with E-state index in [0.717, 1.165) is 55.2 Å². The smallest absolute Gasteiger partial charge is 0.164 e. The molecule has 1 atom stereocenters. The minimum Gasteiger partial charge on any atom is -0.493 e. The van der Waals surface area contributed by atoms with E-state index in [0.29, 0.717) is 12.3 Å². The molecule has 0 spiro atoms. The molecule has 4 rings (SSSR count). The average Bonchev–Trinajstić information content (AvgIpc) is 3.07. The summed E-state index contributed by atoms with van der Waals surface area (Å²) in [5.74, 6) is 1.80. The molecule has 24 heavy (non-hydrogen) atoms. The lowest BCUT2D eigenvalue weighted by Gasteiger charge is -2.22. The van der Waals surface area contributed by atoms with Gasteiger partial charge in [-0.1, -0.05) is 0 Å². The number of Topliss-reactive ketones (excluding diaryl/α,β-unsaturated/α-hetero) is 1. The van der Waals surface area contributed by atoms with Crippen molar-refractivity contribution in [2.24, 2.45) is 5.92 Å². The highest BCUT2D eigenvalue weighted by atomic mass is 16.5. The molecule has 0 bridgehead atoms. The van der Waals surface area contributed by atoms with Crippen molar-refractivity contribution in [1.82, 2.24) is 9.88 Å². The average molecular weight is 324 g/mol. The van der Waals surface area contributed by atoms with Crippen LogP contribution < -0.4 is 10.1 Å². The number of ether oxygens (including phenoxy) is 1. The van der Waals surface area contributed by atoms with Gasteiger partial charge in [0.15, 0.2) is 5.78 Å². The van der Waals surface area contributed by atoms with Crippen molar-refractivity contribution in [2.45, 2.75) is 32.1 Å². The summed E-state index contributed by atoms with van der Waals surface area (Å²) in [6.45, 7) is 2.97. The molecule has 2 aromatic rings. The molecule has 1 saturated heterocycles. The zero-order valence-electron chi connectivity index (χ0n) is 14.0. The van der Waals surface area contributed by atoms with Crippen molar-refractivity contribution in [3.05, 3.63) is 47.8 Å². The van der Waals surface area contributed by atoms with E-state index in [2.05, 4.69) is 22.0 Å². The maximum Gasteiger partial charge on any atom is 0.164 e. The fraction of sp³-hybridized carbons (Fsp3) is 0.450. The molecule has 0 radical (unpaired) electrons. The van der Waals surface area contributed by atoms with Crippen molar-refractivity contribution in [3.8, 4) is 11.4 Å². The number of carbonyl (C=O) groups excluding carboxylic acids is 1. The molecule has 1 N–H and O–H groups in total. The Labute approximate surface area is 142 Å². The van der Waals surface area contributed by atoms with E-state index in [1.54, 1.807) is 0 Å². The van der Waals surface area contributed by atoms with Gasteiger partial charge in [-0.25, -0.2) is 0 Å². The first-order valence-corrected chi connectivity index (χ1v) is 8.98. The molecule has 2 heterocycles. The Hall–Kier alpha value is -2.07. The summed E-state index contributed by atoms with van der Waals surface area (Å²) < 4.78 is 8.08. The number of nitrogens with zero attached hydrogens (tertiary/aromatic N) is 1. The van der Waals surface area contributed by atoms with Crippen molar-refractivity contribution in [3.63, 3.8) is 0 Å². The number of hydrogen-bond donors (Lipinski definition) is 1. The second-order valence-corrected chi connectivity index (χ2v) is 6.84. The van der Waals surface area contributed by atoms with Gasteiger partial charge in [0.1, 0.15) is 5.75 Å². The van der Waals surface area contributed by atoms with Crippen molar-refractivity contribution in [1.29, 1.82) is 0 Å². The molecular weight excluding hydrogens is 300 g/mol. The van der Waals surface area contributed by atoms with E-state index in [-0.39, 0.29) is 5.78 Å². The normalized spacial score (nSPS) is 20.7. The molecule has 1 fully saturated rings. The summed E-state index contributed by atoms with van der Waals surface area (Å²) >= 11 is 0. The first-order chi connectivity index (χ1) is 11.8. The fourth-order valence-corrected chi connectivity index (χ4v) is 3.75. The SMILES string of the molecule is O=C1CCCc2c1ccn2-c1ccc(OCC2CCCNC2)cc1. The van der Waals surface area contributed by atoms with Crippen LogP contribution in [-0.4, -0.2) is 30.0 Å². The first-order valence-electron chi connectivity index (χ1n) is 8.98. The van der Waals surface area contributed by atoms with Gasteiger partial charge in [0.05, 0.1) is 6.61 Å². The fourth-order valence-electron chi connectivity index (χ4n) is 3.75. The predicted octanol–water partition coefficient (Wildman–Crippen LogP) is 3.37. The van der Waals surface area contributed by atoms with Gasteiger partial charge in [-0.15, -0.1) is 0 Å². The largest absolute Gasteiger partial charge is 0.493 e. The zero-order valence-corrected chi connectivity index (χ0v) is 14.0. The molecule has 126 valence electrons. The van der Waals surface area contributed by atoms with E-state index in [9.17, 15) is 4.79 Å². The predicted molar refractivity (Wildman–Crippen MR) is 94.1 cm³/mol. The first kappa shape index (κ1) is 15.5. The molecule has 0 saturated carbocycles. The van der Waals surface area contributed by atoms with Crippen LogP contribution in [0.1, 0.15) is 41.7 Å². The van der Waals surface area contributed by atoms with Crippen LogP contribution in [0.15, 0.2) is 36.5 Å². The number of piperidine rings is 1. The molecule has 2 aliphatic rings.